The van der Waals surface area contributed by atoms with Gasteiger partial charge in [0.25, 0.3) is 5.91 Å². The summed E-state index contributed by atoms with van der Waals surface area (Å²) in [5.41, 5.74) is 6.47. The minimum atomic E-state index is -0.207. The fraction of sp³-hybridized carbons (Fsp3) is 0.556. The molecule has 1 aromatic rings. The molecule has 0 bridgehead atoms. The van der Waals surface area contributed by atoms with E-state index < -0.39 is 0 Å². The Hall–Kier alpha value is -1.88. The summed E-state index contributed by atoms with van der Waals surface area (Å²) < 4.78 is 0. The van der Waals surface area contributed by atoms with Crippen LogP contribution in [0.15, 0.2) is 24.3 Å². The third-order valence-electron chi connectivity index (χ3n) is 4.65. The maximum absolute atomic E-state index is 12.5. The van der Waals surface area contributed by atoms with E-state index in [4.69, 9.17) is 5.73 Å². The number of hydrogen-bond donors (Lipinski definition) is 3. The van der Waals surface area contributed by atoms with E-state index in [0.717, 1.165) is 31.6 Å². The van der Waals surface area contributed by atoms with E-state index in [-0.39, 0.29) is 17.7 Å². The van der Waals surface area contributed by atoms with Crippen molar-refractivity contribution in [2.45, 2.75) is 39.0 Å². The molecule has 1 aromatic carbocycles. The number of amides is 2. The first-order valence-corrected chi connectivity index (χ1v) is 8.53. The second-order valence-corrected chi connectivity index (χ2v) is 6.21. The SMILES string of the molecule is CCC1CCC(C(=O)Nc2ccccc2C(=O)NCCN)CC1. The van der Waals surface area contributed by atoms with Crippen LogP contribution in [0.2, 0.25) is 0 Å². The lowest BCUT2D eigenvalue weighted by atomic mass is 9.80. The standard InChI is InChI=1S/C18H27N3O2/c1-2-13-7-9-14(10-8-13)17(22)21-16-6-4-3-5-15(16)18(23)20-12-11-19/h3-6,13-14H,2,7-12,19H2,1H3,(H,20,23)(H,21,22). The predicted molar refractivity (Wildman–Crippen MR) is 92.2 cm³/mol. The molecule has 126 valence electrons. The molecule has 1 aliphatic carbocycles. The molecule has 0 aromatic heterocycles. The van der Waals surface area contributed by atoms with Crippen molar-refractivity contribution in [1.82, 2.24) is 5.32 Å². The molecule has 0 heterocycles. The molecule has 0 radical (unpaired) electrons. The second kappa shape index (κ2) is 8.67. The summed E-state index contributed by atoms with van der Waals surface area (Å²) in [7, 11) is 0. The molecule has 0 unspecified atom stereocenters. The van der Waals surface area contributed by atoms with Crippen LogP contribution in [0.1, 0.15) is 49.4 Å². The molecular weight excluding hydrogens is 290 g/mol. The van der Waals surface area contributed by atoms with Gasteiger partial charge in [0.15, 0.2) is 0 Å². The number of nitrogens with one attached hydrogen (secondary N) is 2. The largest absolute Gasteiger partial charge is 0.351 e. The van der Waals surface area contributed by atoms with Gasteiger partial charge in [0.05, 0.1) is 11.3 Å². The maximum atomic E-state index is 12.5. The van der Waals surface area contributed by atoms with Gasteiger partial charge in [-0.25, -0.2) is 0 Å². The molecule has 2 rings (SSSR count). The summed E-state index contributed by atoms with van der Waals surface area (Å²) >= 11 is 0. The Morgan fingerprint density at radius 1 is 1.17 bits per heavy atom. The van der Waals surface area contributed by atoms with Crippen molar-refractivity contribution in [3.8, 4) is 0 Å². The monoisotopic (exact) mass is 317 g/mol. The summed E-state index contributed by atoms with van der Waals surface area (Å²) in [5, 5.41) is 5.68. The summed E-state index contributed by atoms with van der Waals surface area (Å²) in [6.07, 6.45) is 5.30. The van der Waals surface area contributed by atoms with Crippen LogP contribution in [0.5, 0.6) is 0 Å². The van der Waals surface area contributed by atoms with Gasteiger partial charge in [-0.2, -0.15) is 0 Å². The highest BCUT2D eigenvalue weighted by Crippen LogP contribution is 2.31. The van der Waals surface area contributed by atoms with Crippen molar-refractivity contribution < 1.29 is 9.59 Å². The van der Waals surface area contributed by atoms with Crippen LogP contribution in [-0.2, 0) is 4.79 Å². The number of carbonyl (C=O) groups excluding carboxylic acids is 2. The van der Waals surface area contributed by atoms with Crippen LogP contribution in [-0.4, -0.2) is 24.9 Å². The summed E-state index contributed by atoms with van der Waals surface area (Å²) in [4.78, 5) is 24.6. The van der Waals surface area contributed by atoms with E-state index in [9.17, 15) is 9.59 Å². The highest BCUT2D eigenvalue weighted by molar-refractivity contribution is 6.04. The molecule has 0 atom stereocenters. The number of hydrogen-bond acceptors (Lipinski definition) is 3. The molecule has 5 heteroatoms. The fourth-order valence-corrected chi connectivity index (χ4v) is 3.14. The number of rotatable bonds is 6. The zero-order valence-electron chi connectivity index (χ0n) is 13.8. The van der Waals surface area contributed by atoms with Crippen molar-refractivity contribution in [3.63, 3.8) is 0 Å². The second-order valence-electron chi connectivity index (χ2n) is 6.21. The fourth-order valence-electron chi connectivity index (χ4n) is 3.14. The molecule has 0 aliphatic heterocycles. The minimum absolute atomic E-state index is 0.0265. The van der Waals surface area contributed by atoms with Gasteiger partial charge < -0.3 is 16.4 Å². The Bertz CT molecular complexity index is 537. The predicted octanol–water partition coefficient (Wildman–Crippen LogP) is 2.53. The molecule has 23 heavy (non-hydrogen) atoms. The Morgan fingerprint density at radius 3 is 2.52 bits per heavy atom. The van der Waals surface area contributed by atoms with Crippen LogP contribution in [0.3, 0.4) is 0 Å². The minimum Gasteiger partial charge on any atom is -0.351 e. The molecule has 0 spiro atoms. The van der Waals surface area contributed by atoms with Gasteiger partial charge in [-0.1, -0.05) is 25.5 Å². The lowest BCUT2D eigenvalue weighted by molar-refractivity contribution is -0.121. The van der Waals surface area contributed by atoms with Crippen molar-refractivity contribution in [1.29, 1.82) is 0 Å². The summed E-state index contributed by atoms with van der Waals surface area (Å²) in [6.45, 7) is 3.02. The molecule has 4 N–H and O–H groups in total. The zero-order chi connectivity index (χ0) is 16.7. The lowest BCUT2D eigenvalue weighted by Gasteiger charge is -2.27. The van der Waals surface area contributed by atoms with Gasteiger partial charge in [-0.3, -0.25) is 9.59 Å². The average Bonchev–Trinajstić information content (AvgIpc) is 2.60. The number of nitrogens with two attached hydrogens (primary N) is 1. The van der Waals surface area contributed by atoms with E-state index in [1.54, 1.807) is 18.2 Å². The van der Waals surface area contributed by atoms with E-state index in [1.165, 1.54) is 6.42 Å². The van der Waals surface area contributed by atoms with Gasteiger partial charge in [0.1, 0.15) is 0 Å². The summed E-state index contributed by atoms with van der Waals surface area (Å²) in [5.74, 6) is 0.631. The topological polar surface area (TPSA) is 84.2 Å². The van der Waals surface area contributed by atoms with Crippen LogP contribution in [0, 0.1) is 11.8 Å². The van der Waals surface area contributed by atoms with Crippen molar-refractivity contribution >= 4 is 17.5 Å². The first-order chi connectivity index (χ1) is 11.2. The molecule has 0 saturated heterocycles. The molecule has 2 amide bonds. The van der Waals surface area contributed by atoms with Crippen LogP contribution < -0.4 is 16.4 Å². The number of benzene rings is 1. The molecule has 5 nitrogen and oxygen atoms in total. The average molecular weight is 317 g/mol. The number of para-hydroxylation sites is 1. The van der Waals surface area contributed by atoms with Crippen molar-refractivity contribution in [2.75, 3.05) is 18.4 Å². The van der Waals surface area contributed by atoms with E-state index >= 15 is 0 Å². The maximum Gasteiger partial charge on any atom is 0.253 e. The van der Waals surface area contributed by atoms with Gasteiger partial charge in [-0.05, 0) is 43.7 Å². The van der Waals surface area contributed by atoms with E-state index in [2.05, 4.69) is 17.6 Å². The van der Waals surface area contributed by atoms with Crippen LogP contribution >= 0.6 is 0 Å². The Labute approximate surface area is 138 Å². The lowest BCUT2D eigenvalue weighted by Crippen LogP contribution is -2.31. The Morgan fingerprint density at radius 2 is 1.87 bits per heavy atom. The molecule has 1 fully saturated rings. The Balaban J connectivity index is 1.99. The summed E-state index contributed by atoms with van der Waals surface area (Å²) in [6, 6.07) is 7.10. The third-order valence-corrected chi connectivity index (χ3v) is 4.65. The quantitative estimate of drug-likeness (QED) is 0.754. The Kier molecular flexibility index (Phi) is 6.59. The third kappa shape index (κ3) is 4.79. The highest BCUT2D eigenvalue weighted by Gasteiger charge is 2.26. The molecule has 1 aliphatic rings. The number of anilines is 1. The van der Waals surface area contributed by atoms with Gasteiger partial charge in [0.2, 0.25) is 5.91 Å². The van der Waals surface area contributed by atoms with Crippen molar-refractivity contribution in [2.24, 2.45) is 17.6 Å². The zero-order valence-corrected chi connectivity index (χ0v) is 13.8. The molecule has 1 saturated carbocycles. The van der Waals surface area contributed by atoms with Crippen LogP contribution in [0.4, 0.5) is 5.69 Å². The van der Waals surface area contributed by atoms with Gasteiger partial charge in [0, 0.05) is 19.0 Å². The van der Waals surface area contributed by atoms with Crippen molar-refractivity contribution in [3.05, 3.63) is 29.8 Å². The van der Waals surface area contributed by atoms with E-state index in [0.29, 0.717) is 24.3 Å². The number of carbonyl (C=O) groups is 2. The van der Waals surface area contributed by atoms with Gasteiger partial charge >= 0.3 is 0 Å². The van der Waals surface area contributed by atoms with Gasteiger partial charge in [-0.15, -0.1) is 0 Å². The first kappa shape index (κ1) is 17.5. The van der Waals surface area contributed by atoms with Crippen LogP contribution in [0.25, 0.3) is 0 Å². The smallest absolute Gasteiger partial charge is 0.253 e. The van der Waals surface area contributed by atoms with E-state index in [1.807, 2.05) is 6.07 Å². The molecular formula is C18H27N3O2. The first-order valence-electron chi connectivity index (χ1n) is 8.53. The normalized spacial score (nSPS) is 20.8. The highest BCUT2D eigenvalue weighted by atomic mass is 16.2.